The number of aryl methyl sites for hydroxylation is 2. The smallest absolute Gasteiger partial charge is 0.230 e. The zero-order valence-corrected chi connectivity index (χ0v) is 11.4. The van der Waals surface area contributed by atoms with E-state index in [1.807, 2.05) is 0 Å². The zero-order valence-electron chi connectivity index (χ0n) is 10.6. The molecule has 0 bridgehead atoms. The van der Waals surface area contributed by atoms with Crippen LogP contribution in [0.25, 0.3) is 0 Å². The van der Waals surface area contributed by atoms with E-state index in [0.717, 1.165) is 12.5 Å². The number of thioether (sulfide) groups is 1. The third-order valence-corrected chi connectivity index (χ3v) is 4.72. The van der Waals surface area contributed by atoms with Crippen LogP contribution in [0, 0.1) is 5.92 Å². The van der Waals surface area contributed by atoms with Gasteiger partial charge < -0.3 is 5.32 Å². The maximum absolute atomic E-state index is 11.7. The molecule has 2 nitrogen and oxygen atoms in total. The van der Waals surface area contributed by atoms with Crippen molar-refractivity contribution in [2.75, 3.05) is 12.3 Å². The molecule has 1 aromatic rings. The topological polar surface area (TPSA) is 29.1 Å². The molecule has 1 saturated carbocycles. The van der Waals surface area contributed by atoms with E-state index in [0.29, 0.717) is 5.75 Å². The van der Waals surface area contributed by atoms with Crippen molar-refractivity contribution in [1.82, 2.24) is 5.32 Å². The predicted molar refractivity (Wildman–Crippen MR) is 74.9 cm³/mol. The van der Waals surface area contributed by atoms with Crippen LogP contribution in [-0.4, -0.2) is 18.2 Å². The summed E-state index contributed by atoms with van der Waals surface area (Å²) in [5.74, 6) is 1.48. The first-order valence-corrected chi connectivity index (χ1v) is 7.81. The SMILES string of the molecule is O=C(CSc1ccc2c(c1)CCC2)NCC1CC1. The second-order valence-corrected chi connectivity index (χ2v) is 6.37. The number of hydrogen-bond donors (Lipinski definition) is 1. The monoisotopic (exact) mass is 261 g/mol. The number of carbonyl (C=O) groups is 1. The number of fused-ring (bicyclic) bond motifs is 1. The van der Waals surface area contributed by atoms with E-state index in [9.17, 15) is 4.79 Å². The number of carbonyl (C=O) groups excluding carboxylic acids is 1. The number of benzene rings is 1. The molecule has 3 heteroatoms. The van der Waals surface area contributed by atoms with E-state index < -0.39 is 0 Å². The van der Waals surface area contributed by atoms with Gasteiger partial charge in [-0.3, -0.25) is 4.79 Å². The highest BCUT2D eigenvalue weighted by Crippen LogP contribution is 2.28. The molecule has 1 fully saturated rings. The predicted octanol–water partition coefficient (Wildman–Crippen LogP) is 2.79. The van der Waals surface area contributed by atoms with Crippen LogP contribution in [-0.2, 0) is 17.6 Å². The molecule has 0 aromatic heterocycles. The van der Waals surface area contributed by atoms with E-state index in [1.54, 1.807) is 11.8 Å². The van der Waals surface area contributed by atoms with Gasteiger partial charge in [0.25, 0.3) is 0 Å². The lowest BCUT2D eigenvalue weighted by atomic mass is 10.1. The number of amides is 1. The molecule has 3 rings (SSSR count). The fourth-order valence-corrected chi connectivity index (χ4v) is 3.21. The summed E-state index contributed by atoms with van der Waals surface area (Å²) in [7, 11) is 0. The van der Waals surface area contributed by atoms with Gasteiger partial charge in [0.1, 0.15) is 0 Å². The highest BCUT2D eigenvalue weighted by atomic mass is 32.2. The molecular formula is C15H19NOS. The quantitative estimate of drug-likeness (QED) is 0.826. The first kappa shape index (κ1) is 12.1. The van der Waals surface area contributed by atoms with Gasteiger partial charge >= 0.3 is 0 Å². The van der Waals surface area contributed by atoms with Crippen LogP contribution in [0.2, 0.25) is 0 Å². The first-order valence-electron chi connectivity index (χ1n) is 6.82. The Labute approximate surface area is 113 Å². The summed E-state index contributed by atoms with van der Waals surface area (Å²) in [5, 5.41) is 3.01. The summed E-state index contributed by atoms with van der Waals surface area (Å²) >= 11 is 1.65. The Morgan fingerprint density at radius 1 is 1.28 bits per heavy atom. The van der Waals surface area contributed by atoms with Crippen LogP contribution < -0.4 is 5.32 Å². The maximum atomic E-state index is 11.7. The summed E-state index contributed by atoms with van der Waals surface area (Å²) in [6.45, 7) is 0.879. The highest BCUT2D eigenvalue weighted by Gasteiger charge is 2.21. The molecule has 1 aromatic carbocycles. The molecule has 0 saturated heterocycles. The van der Waals surface area contributed by atoms with Crippen LogP contribution in [0.3, 0.4) is 0 Å². The van der Waals surface area contributed by atoms with Crippen molar-refractivity contribution < 1.29 is 4.79 Å². The van der Waals surface area contributed by atoms with Crippen LogP contribution >= 0.6 is 11.8 Å². The number of rotatable bonds is 5. The average molecular weight is 261 g/mol. The van der Waals surface area contributed by atoms with Crippen molar-refractivity contribution in [3.63, 3.8) is 0 Å². The van der Waals surface area contributed by atoms with Crippen LogP contribution in [0.15, 0.2) is 23.1 Å². The average Bonchev–Trinajstić information content (AvgIpc) is 3.10. The summed E-state index contributed by atoms with van der Waals surface area (Å²) < 4.78 is 0. The summed E-state index contributed by atoms with van der Waals surface area (Å²) in [5.41, 5.74) is 2.98. The van der Waals surface area contributed by atoms with Crippen molar-refractivity contribution in [3.8, 4) is 0 Å². The second-order valence-electron chi connectivity index (χ2n) is 5.32. The van der Waals surface area contributed by atoms with Crippen LogP contribution in [0.1, 0.15) is 30.4 Å². The summed E-state index contributed by atoms with van der Waals surface area (Å²) in [4.78, 5) is 12.9. The fourth-order valence-electron chi connectivity index (χ4n) is 2.42. The molecule has 0 heterocycles. The molecular weight excluding hydrogens is 242 g/mol. The molecule has 2 aliphatic rings. The third kappa shape index (κ3) is 3.08. The molecule has 96 valence electrons. The van der Waals surface area contributed by atoms with Gasteiger partial charge in [-0.15, -0.1) is 11.8 Å². The molecule has 18 heavy (non-hydrogen) atoms. The number of nitrogens with one attached hydrogen (secondary N) is 1. The van der Waals surface area contributed by atoms with E-state index in [2.05, 4.69) is 23.5 Å². The van der Waals surface area contributed by atoms with Crippen molar-refractivity contribution in [1.29, 1.82) is 0 Å². The summed E-state index contributed by atoms with van der Waals surface area (Å²) in [6, 6.07) is 6.65. The lowest BCUT2D eigenvalue weighted by molar-refractivity contribution is -0.118. The minimum Gasteiger partial charge on any atom is -0.355 e. The molecule has 0 radical (unpaired) electrons. The first-order chi connectivity index (χ1) is 8.81. The Morgan fingerprint density at radius 3 is 2.94 bits per heavy atom. The minimum absolute atomic E-state index is 0.174. The fraction of sp³-hybridized carbons (Fsp3) is 0.533. The molecule has 0 aliphatic heterocycles. The second kappa shape index (κ2) is 5.35. The standard InChI is InChI=1S/C15H19NOS/c17-15(16-9-11-4-5-11)10-18-14-7-6-12-2-1-3-13(12)8-14/h6-8,11H,1-5,9-10H2,(H,16,17). The van der Waals surface area contributed by atoms with Crippen LogP contribution in [0.4, 0.5) is 0 Å². The van der Waals surface area contributed by atoms with Gasteiger partial charge in [0.05, 0.1) is 5.75 Å². The van der Waals surface area contributed by atoms with Gasteiger partial charge in [-0.25, -0.2) is 0 Å². The Balaban J connectivity index is 1.48. The van der Waals surface area contributed by atoms with Crippen LogP contribution in [0.5, 0.6) is 0 Å². The lowest BCUT2D eigenvalue weighted by Crippen LogP contribution is -2.27. The third-order valence-electron chi connectivity index (χ3n) is 3.72. The molecule has 1 amide bonds. The molecule has 1 N–H and O–H groups in total. The Kier molecular flexibility index (Phi) is 3.59. The van der Waals surface area contributed by atoms with E-state index in [1.165, 1.54) is 48.1 Å². The lowest BCUT2D eigenvalue weighted by Gasteiger charge is -2.06. The van der Waals surface area contributed by atoms with Gasteiger partial charge in [-0.1, -0.05) is 6.07 Å². The van der Waals surface area contributed by atoms with E-state index >= 15 is 0 Å². The van der Waals surface area contributed by atoms with Gasteiger partial charge in [-0.2, -0.15) is 0 Å². The highest BCUT2D eigenvalue weighted by molar-refractivity contribution is 8.00. The number of hydrogen-bond acceptors (Lipinski definition) is 2. The Bertz CT molecular complexity index is 454. The largest absolute Gasteiger partial charge is 0.355 e. The Morgan fingerprint density at radius 2 is 2.11 bits per heavy atom. The van der Waals surface area contributed by atoms with E-state index in [4.69, 9.17) is 0 Å². The Hall–Kier alpha value is -0.960. The maximum Gasteiger partial charge on any atom is 0.230 e. The van der Waals surface area contributed by atoms with Gasteiger partial charge in [0, 0.05) is 11.4 Å². The summed E-state index contributed by atoms with van der Waals surface area (Å²) in [6.07, 6.45) is 6.29. The van der Waals surface area contributed by atoms with Crippen molar-refractivity contribution >= 4 is 17.7 Å². The van der Waals surface area contributed by atoms with Gasteiger partial charge in [-0.05, 0) is 61.3 Å². The zero-order chi connectivity index (χ0) is 12.4. The van der Waals surface area contributed by atoms with Crippen molar-refractivity contribution in [2.45, 2.75) is 37.0 Å². The van der Waals surface area contributed by atoms with Gasteiger partial charge in [0.2, 0.25) is 5.91 Å². The minimum atomic E-state index is 0.174. The van der Waals surface area contributed by atoms with Crippen molar-refractivity contribution in [2.24, 2.45) is 5.92 Å². The normalized spacial score (nSPS) is 17.6. The molecule has 2 aliphatic carbocycles. The molecule has 0 spiro atoms. The molecule has 0 unspecified atom stereocenters. The van der Waals surface area contributed by atoms with Crippen molar-refractivity contribution in [3.05, 3.63) is 29.3 Å². The van der Waals surface area contributed by atoms with E-state index in [-0.39, 0.29) is 5.91 Å². The van der Waals surface area contributed by atoms with Gasteiger partial charge in [0.15, 0.2) is 0 Å². The molecule has 0 atom stereocenters.